The molecule has 2 aliphatic rings. The van der Waals surface area contributed by atoms with Gasteiger partial charge in [-0.3, -0.25) is 9.80 Å². The summed E-state index contributed by atoms with van der Waals surface area (Å²) in [4.78, 5) is 44.1. The number of carbonyl (C=O) groups excluding carboxylic acids is 3. The van der Waals surface area contributed by atoms with Crippen LogP contribution >= 0.6 is 23.2 Å². The molecule has 0 unspecified atom stereocenters. The zero-order valence-corrected chi connectivity index (χ0v) is 22.1. The summed E-state index contributed by atoms with van der Waals surface area (Å²) in [6.07, 6.45) is 0. The van der Waals surface area contributed by atoms with Crippen molar-refractivity contribution < 1.29 is 19.1 Å². The number of urea groups is 2. The lowest BCUT2D eigenvalue weighted by atomic mass is 9.94. The van der Waals surface area contributed by atoms with E-state index in [2.05, 4.69) is 15.5 Å². The maximum absolute atomic E-state index is 13.2. The molecule has 0 aromatic heterocycles. The summed E-state index contributed by atoms with van der Waals surface area (Å²) in [6.45, 7) is 10.6. The molecule has 2 N–H and O–H groups in total. The Kier molecular flexibility index (Phi) is 9.27. The fourth-order valence-corrected chi connectivity index (χ4v) is 4.71. The van der Waals surface area contributed by atoms with E-state index in [1.807, 2.05) is 20.8 Å². The van der Waals surface area contributed by atoms with Crippen molar-refractivity contribution in [2.75, 3.05) is 45.9 Å². The van der Waals surface area contributed by atoms with Gasteiger partial charge in [-0.15, -0.1) is 0 Å². The third-order valence-electron chi connectivity index (χ3n) is 5.99. The fraction of sp³-hybridized carbons (Fsp3) is 0.542. The van der Waals surface area contributed by atoms with Crippen molar-refractivity contribution in [2.24, 2.45) is 0 Å². The molecule has 0 radical (unpaired) electrons. The molecule has 0 spiro atoms. The number of hydrogen-bond acceptors (Lipinski definition) is 5. The molecule has 35 heavy (non-hydrogen) atoms. The Morgan fingerprint density at radius 1 is 1.17 bits per heavy atom. The van der Waals surface area contributed by atoms with Crippen LogP contribution in [-0.2, 0) is 9.53 Å². The number of nitrogens with one attached hydrogen (secondary N) is 2. The first-order valence-corrected chi connectivity index (χ1v) is 12.6. The van der Waals surface area contributed by atoms with Crippen LogP contribution in [0.5, 0.6) is 0 Å². The van der Waals surface area contributed by atoms with Gasteiger partial charge in [-0.1, -0.05) is 35.3 Å². The number of esters is 1. The monoisotopic (exact) mass is 525 g/mol. The molecule has 1 saturated heterocycles. The van der Waals surface area contributed by atoms with Crippen molar-refractivity contribution in [3.63, 3.8) is 0 Å². The number of benzene rings is 1. The topological polar surface area (TPSA) is 94.2 Å². The van der Waals surface area contributed by atoms with Crippen LogP contribution in [-0.4, -0.2) is 84.6 Å². The summed E-state index contributed by atoms with van der Waals surface area (Å²) in [5.41, 5.74) is 1.42. The fourth-order valence-electron chi connectivity index (χ4n) is 4.29. The first kappa shape index (κ1) is 27.1. The van der Waals surface area contributed by atoms with Crippen LogP contribution in [0.2, 0.25) is 10.0 Å². The average Bonchev–Trinajstić information content (AvgIpc) is 2.81. The lowest BCUT2D eigenvalue weighted by Gasteiger charge is -2.40. The van der Waals surface area contributed by atoms with Crippen molar-refractivity contribution >= 4 is 41.2 Å². The molecule has 9 nitrogen and oxygen atoms in total. The van der Waals surface area contributed by atoms with Crippen LogP contribution in [0.15, 0.2) is 29.5 Å². The molecule has 2 heterocycles. The summed E-state index contributed by atoms with van der Waals surface area (Å²) in [5, 5.41) is 6.42. The molecule has 0 saturated carbocycles. The molecular formula is C24H33Cl2N5O4. The lowest BCUT2D eigenvalue weighted by Crippen LogP contribution is -2.55. The van der Waals surface area contributed by atoms with Gasteiger partial charge in [0.2, 0.25) is 0 Å². The minimum Gasteiger partial charge on any atom is -0.463 e. The van der Waals surface area contributed by atoms with E-state index < -0.39 is 12.0 Å². The molecule has 0 aliphatic carbocycles. The highest BCUT2D eigenvalue weighted by atomic mass is 35.5. The number of halogens is 2. The third-order valence-corrected chi connectivity index (χ3v) is 6.82. The van der Waals surface area contributed by atoms with Crippen LogP contribution in [0.3, 0.4) is 0 Å². The van der Waals surface area contributed by atoms with E-state index in [0.717, 1.165) is 0 Å². The molecule has 0 bridgehead atoms. The predicted octanol–water partition coefficient (Wildman–Crippen LogP) is 3.63. The van der Waals surface area contributed by atoms with Crippen LogP contribution < -0.4 is 10.6 Å². The Labute approximate surface area is 216 Å². The number of amides is 4. The van der Waals surface area contributed by atoms with Gasteiger partial charge in [0.1, 0.15) is 0 Å². The van der Waals surface area contributed by atoms with Gasteiger partial charge >= 0.3 is 18.0 Å². The Balaban J connectivity index is 1.95. The van der Waals surface area contributed by atoms with Gasteiger partial charge in [-0.05, 0) is 39.3 Å². The summed E-state index contributed by atoms with van der Waals surface area (Å²) in [6, 6.07) is 3.96. The highest BCUT2D eigenvalue weighted by Crippen LogP contribution is 2.37. The highest BCUT2D eigenvalue weighted by molar-refractivity contribution is 6.42. The second-order valence-electron chi connectivity index (χ2n) is 8.72. The lowest BCUT2D eigenvalue weighted by molar-refractivity contribution is -0.139. The van der Waals surface area contributed by atoms with Crippen molar-refractivity contribution in [3.8, 4) is 0 Å². The molecule has 1 fully saturated rings. The summed E-state index contributed by atoms with van der Waals surface area (Å²) in [7, 11) is 0. The molecule has 3 rings (SSSR count). The molecule has 1 atom stereocenters. The van der Waals surface area contributed by atoms with Gasteiger partial charge in [-0.2, -0.15) is 0 Å². The molecule has 2 aliphatic heterocycles. The zero-order chi connectivity index (χ0) is 25.7. The maximum atomic E-state index is 13.2. The van der Waals surface area contributed by atoms with E-state index >= 15 is 0 Å². The first-order valence-electron chi connectivity index (χ1n) is 11.9. The summed E-state index contributed by atoms with van der Waals surface area (Å²) in [5.74, 6) is -0.517. The van der Waals surface area contributed by atoms with Gasteiger partial charge in [0, 0.05) is 51.0 Å². The van der Waals surface area contributed by atoms with Crippen molar-refractivity contribution in [3.05, 3.63) is 45.1 Å². The number of carbonyl (C=O) groups is 3. The molecule has 11 heteroatoms. The van der Waals surface area contributed by atoms with Crippen LogP contribution in [0.25, 0.3) is 0 Å². The second-order valence-corrected chi connectivity index (χ2v) is 9.50. The van der Waals surface area contributed by atoms with Gasteiger partial charge in [0.15, 0.2) is 0 Å². The number of nitrogens with zero attached hydrogens (tertiary/aromatic N) is 3. The smallest absolute Gasteiger partial charge is 0.338 e. The van der Waals surface area contributed by atoms with Crippen molar-refractivity contribution in [1.82, 2.24) is 25.3 Å². The van der Waals surface area contributed by atoms with E-state index in [1.54, 1.807) is 34.9 Å². The Morgan fingerprint density at radius 2 is 1.86 bits per heavy atom. The standard InChI is InChI=1S/C24H33Cl2N5O4/c1-5-31-18(14-29-10-12-30(13-11-29)23(33)27-15(3)4)19(22(32)35-6-2)21(28-24(31)34)16-8-7-9-17(25)20(16)26/h7-9,15,21H,5-6,10-14H2,1-4H3,(H,27,33)(H,28,34)/t21-/m0/s1. The van der Waals surface area contributed by atoms with Crippen molar-refractivity contribution in [1.29, 1.82) is 0 Å². The number of rotatable bonds is 7. The van der Waals surface area contributed by atoms with E-state index in [1.165, 1.54) is 0 Å². The van der Waals surface area contributed by atoms with E-state index in [-0.39, 0.29) is 29.7 Å². The Hall–Kier alpha value is -2.49. The second kappa shape index (κ2) is 12.0. The van der Waals surface area contributed by atoms with Gasteiger partial charge in [0.25, 0.3) is 0 Å². The number of ether oxygens (including phenoxy) is 1. The summed E-state index contributed by atoms with van der Waals surface area (Å²) < 4.78 is 5.41. The first-order chi connectivity index (χ1) is 16.7. The van der Waals surface area contributed by atoms with E-state index in [9.17, 15) is 14.4 Å². The molecule has 1 aromatic rings. The highest BCUT2D eigenvalue weighted by Gasteiger charge is 2.39. The van der Waals surface area contributed by atoms with Crippen LogP contribution in [0.4, 0.5) is 9.59 Å². The Bertz CT molecular complexity index is 992. The SMILES string of the molecule is CCOC(=O)C1=C(CN2CCN(C(=O)NC(C)C)CC2)N(CC)C(=O)N[C@H]1c1cccc(Cl)c1Cl. The quantitative estimate of drug-likeness (QED) is 0.530. The van der Waals surface area contributed by atoms with Crippen LogP contribution in [0, 0.1) is 0 Å². The third kappa shape index (κ3) is 6.20. The normalized spacial score (nSPS) is 19.2. The van der Waals surface area contributed by atoms with Gasteiger partial charge in [0.05, 0.1) is 28.3 Å². The number of piperazine rings is 1. The maximum Gasteiger partial charge on any atom is 0.338 e. The largest absolute Gasteiger partial charge is 0.463 e. The molecule has 1 aromatic carbocycles. The number of likely N-dealkylation sites (N-methyl/N-ethyl adjacent to an activating group) is 1. The minimum atomic E-state index is -0.802. The Morgan fingerprint density at radius 3 is 2.46 bits per heavy atom. The van der Waals surface area contributed by atoms with E-state index in [4.69, 9.17) is 27.9 Å². The predicted molar refractivity (Wildman–Crippen MR) is 135 cm³/mol. The van der Waals surface area contributed by atoms with Crippen molar-refractivity contribution in [2.45, 2.75) is 39.8 Å². The molecule has 4 amide bonds. The van der Waals surface area contributed by atoms with Gasteiger partial charge in [-0.25, -0.2) is 14.4 Å². The van der Waals surface area contributed by atoms with Gasteiger partial charge < -0.3 is 20.3 Å². The summed E-state index contributed by atoms with van der Waals surface area (Å²) >= 11 is 12.7. The zero-order valence-electron chi connectivity index (χ0n) is 20.6. The molecular weight excluding hydrogens is 493 g/mol. The van der Waals surface area contributed by atoms with E-state index in [0.29, 0.717) is 61.1 Å². The van der Waals surface area contributed by atoms with Crippen LogP contribution in [0.1, 0.15) is 39.3 Å². The minimum absolute atomic E-state index is 0.0620. The molecule has 192 valence electrons. The number of hydrogen-bond donors (Lipinski definition) is 2. The average molecular weight is 526 g/mol.